The minimum atomic E-state index is -0.376. The van der Waals surface area contributed by atoms with Crippen LogP contribution < -0.4 is 15.5 Å². The first kappa shape index (κ1) is 22.5. The van der Waals surface area contributed by atoms with Gasteiger partial charge in [-0.1, -0.05) is 13.0 Å². The van der Waals surface area contributed by atoms with Gasteiger partial charge in [0.25, 0.3) is 5.91 Å². The summed E-state index contributed by atoms with van der Waals surface area (Å²) in [6, 6.07) is 11.5. The predicted octanol–water partition coefficient (Wildman–Crippen LogP) is 2.43. The number of carbonyl (C=O) groups excluding carboxylic acids is 1. The number of aromatic nitrogens is 4. The van der Waals surface area contributed by atoms with Crippen molar-refractivity contribution in [1.82, 2.24) is 30.2 Å². The maximum absolute atomic E-state index is 13.0. The van der Waals surface area contributed by atoms with E-state index in [9.17, 15) is 9.90 Å². The van der Waals surface area contributed by atoms with Crippen molar-refractivity contribution in [3.63, 3.8) is 0 Å². The fraction of sp³-hybridized carbons (Fsp3) is 0.333. The third-order valence-electron chi connectivity index (χ3n) is 5.74. The van der Waals surface area contributed by atoms with Gasteiger partial charge in [0.15, 0.2) is 5.65 Å². The van der Waals surface area contributed by atoms with Gasteiger partial charge in [-0.05, 0) is 43.1 Å². The molecule has 0 bridgehead atoms. The van der Waals surface area contributed by atoms with Gasteiger partial charge in [0.05, 0.1) is 22.4 Å². The molecule has 1 aliphatic heterocycles. The van der Waals surface area contributed by atoms with Crippen molar-refractivity contribution in [1.29, 1.82) is 0 Å². The first-order valence-electron chi connectivity index (χ1n) is 11.4. The van der Waals surface area contributed by atoms with E-state index in [0.29, 0.717) is 48.1 Å². The second-order valence-corrected chi connectivity index (χ2v) is 9.40. The maximum atomic E-state index is 13.0. The zero-order valence-electron chi connectivity index (χ0n) is 19.1. The van der Waals surface area contributed by atoms with Gasteiger partial charge in [-0.15, -0.1) is 11.3 Å². The summed E-state index contributed by atoms with van der Waals surface area (Å²) in [6.07, 6.45) is 1.51. The van der Waals surface area contributed by atoms with Gasteiger partial charge in [-0.25, -0.2) is 14.5 Å². The summed E-state index contributed by atoms with van der Waals surface area (Å²) in [5.41, 5.74) is 3.33. The monoisotopic (exact) mass is 477 g/mol. The Hall–Kier alpha value is -3.34. The lowest BCUT2D eigenvalue weighted by Gasteiger charge is -2.37. The SMILES string of the molecule is CCNC(C)CNC(=O)c1cc(-c2cc3nc(-c4cccs4)ccn3n2)nc(N2CC(O)C2)c1. The highest BCUT2D eigenvalue weighted by molar-refractivity contribution is 7.13. The Kier molecular flexibility index (Phi) is 6.27. The van der Waals surface area contributed by atoms with Gasteiger partial charge < -0.3 is 20.6 Å². The van der Waals surface area contributed by atoms with Crippen LogP contribution in [0.4, 0.5) is 5.82 Å². The number of hydrogen-bond donors (Lipinski definition) is 3. The Morgan fingerprint density at radius 1 is 1.21 bits per heavy atom. The molecular weight excluding hydrogens is 450 g/mol. The maximum Gasteiger partial charge on any atom is 0.251 e. The van der Waals surface area contributed by atoms with Crippen LogP contribution in [0, 0.1) is 0 Å². The highest BCUT2D eigenvalue weighted by Gasteiger charge is 2.27. The van der Waals surface area contributed by atoms with Gasteiger partial charge in [0, 0.05) is 43.5 Å². The molecule has 3 N–H and O–H groups in total. The molecule has 1 amide bonds. The van der Waals surface area contributed by atoms with E-state index < -0.39 is 0 Å². The number of anilines is 1. The molecular formula is C24H27N7O2S. The molecule has 0 spiro atoms. The number of aliphatic hydroxyl groups excluding tert-OH is 1. The van der Waals surface area contributed by atoms with E-state index in [1.165, 1.54) is 0 Å². The number of amides is 1. The molecule has 1 atom stereocenters. The first-order valence-corrected chi connectivity index (χ1v) is 12.3. The second-order valence-electron chi connectivity index (χ2n) is 8.45. The number of pyridine rings is 1. The second kappa shape index (κ2) is 9.49. The molecule has 4 aromatic rings. The van der Waals surface area contributed by atoms with Crippen LogP contribution in [0.3, 0.4) is 0 Å². The molecule has 1 saturated heterocycles. The fourth-order valence-corrected chi connectivity index (χ4v) is 4.61. The Morgan fingerprint density at radius 3 is 2.79 bits per heavy atom. The topological polar surface area (TPSA) is 108 Å². The Labute approximate surface area is 201 Å². The van der Waals surface area contributed by atoms with Crippen molar-refractivity contribution in [3.05, 3.63) is 53.5 Å². The summed E-state index contributed by atoms with van der Waals surface area (Å²) in [7, 11) is 0. The number of thiophene rings is 1. The zero-order valence-corrected chi connectivity index (χ0v) is 19.9. The summed E-state index contributed by atoms with van der Waals surface area (Å²) < 4.78 is 1.71. The van der Waals surface area contributed by atoms with Crippen molar-refractivity contribution in [3.8, 4) is 22.0 Å². The highest BCUT2D eigenvalue weighted by Crippen LogP contribution is 2.27. The summed E-state index contributed by atoms with van der Waals surface area (Å²) in [5.74, 6) is 0.481. The first-order chi connectivity index (χ1) is 16.5. The zero-order chi connectivity index (χ0) is 23.7. The minimum Gasteiger partial charge on any atom is -0.389 e. The number of likely N-dealkylation sites (N-methyl/N-ethyl adjacent to an activating group) is 1. The number of fused-ring (bicyclic) bond motifs is 1. The molecule has 5 rings (SSSR count). The van der Waals surface area contributed by atoms with Crippen LogP contribution in [0.1, 0.15) is 24.2 Å². The van der Waals surface area contributed by atoms with Crippen molar-refractivity contribution < 1.29 is 9.90 Å². The van der Waals surface area contributed by atoms with Crippen molar-refractivity contribution >= 4 is 28.7 Å². The third kappa shape index (κ3) is 4.65. The van der Waals surface area contributed by atoms with Crippen molar-refractivity contribution in [2.75, 3.05) is 31.1 Å². The third-order valence-corrected chi connectivity index (χ3v) is 6.63. The Morgan fingerprint density at radius 2 is 2.06 bits per heavy atom. The van der Waals surface area contributed by atoms with E-state index in [0.717, 1.165) is 17.1 Å². The van der Waals surface area contributed by atoms with Crippen LogP contribution in [0.2, 0.25) is 0 Å². The van der Waals surface area contributed by atoms with E-state index in [-0.39, 0.29) is 18.1 Å². The standard InChI is InChI=1S/C24H27N7O2S/c1-3-25-15(2)12-26-24(33)16-9-19(28-22(10-16)30-13-17(32)14-30)20-11-23-27-18(6-7-31(23)29-20)21-5-4-8-34-21/h4-11,15,17,25,32H,3,12-14H2,1-2H3,(H,26,33). The summed E-state index contributed by atoms with van der Waals surface area (Å²) in [5, 5.41) is 22.7. The lowest BCUT2D eigenvalue weighted by molar-refractivity contribution is 0.0950. The van der Waals surface area contributed by atoms with Gasteiger partial charge in [-0.3, -0.25) is 4.79 Å². The number of hydrogen-bond acceptors (Lipinski definition) is 8. The van der Waals surface area contributed by atoms with Crippen LogP contribution in [0.15, 0.2) is 48.0 Å². The molecule has 5 heterocycles. The number of nitrogens with one attached hydrogen (secondary N) is 2. The lowest BCUT2D eigenvalue weighted by atomic mass is 10.1. The largest absolute Gasteiger partial charge is 0.389 e. The molecule has 0 saturated carbocycles. The number of nitrogens with zero attached hydrogens (tertiary/aromatic N) is 5. The molecule has 0 aromatic carbocycles. The molecule has 4 aromatic heterocycles. The number of rotatable bonds is 8. The molecule has 0 radical (unpaired) electrons. The minimum absolute atomic E-state index is 0.169. The van der Waals surface area contributed by atoms with Gasteiger partial charge in [-0.2, -0.15) is 5.10 Å². The molecule has 1 aliphatic rings. The van der Waals surface area contributed by atoms with Crippen LogP contribution in [0.25, 0.3) is 27.6 Å². The molecule has 9 nitrogen and oxygen atoms in total. The fourth-order valence-electron chi connectivity index (χ4n) is 3.92. The predicted molar refractivity (Wildman–Crippen MR) is 133 cm³/mol. The molecule has 0 aliphatic carbocycles. The van der Waals surface area contributed by atoms with E-state index >= 15 is 0 Å². The Bertz CT molecular complexity index is 1300. The van der Waals surface area contributed by atoms with Gasteiger partial charge >= 0.3 is 0 Å². The van der Waals surface area contributed by atoms with Crippen LogP contribution in [-0.4, -0.2) is 68.9 Å². The number of β-amino-alcohol motifs (C(OH)–C–C–N with tert-alkyl or cyclic N) is 1. The Balaban J connectivity index is 1.47. The van der Waals surface area contributed by atoms with Crippen LogP contribution >= 0.6 is 11.3 Å². The highest BCUT2D eigenvalue weighted by atomic mass is 32.1. The molecule has 10 heteroatoms. The lowest BCUT2D eigenvalue weighted by Crippen LogP contribution is -2.51. The van der Waals surface area contributed by atoms with Crippen LogP contribution in [0.5, 0.6) is 0 Å². The molecule has 34 heavy (non-hydrogen) atoms. The van der Waals surface area contributed by atoms with E-state index in [1.54, 1.807) is 28.0 Å². The van der Waals surface area contributed by atoms with Crippen LogP contribution in [-0.2, 0) is 0 Å². The summed E-state index contributed by atoms with van der Waals surface area (Å²) >= 11 is 1.64. The summed E-state index contributed by atoms with van der Waals surface area (Å²) in [4.78, 5) is 25.5. The number of carbonyl (C=O) groups is 1. The average molecular weight is 478 g/mol. The van der Waals surface area contributed by atoms with Gasteiger partial charge in [0.1, 0.15) is 11.5 Å². The molecule has 1 fully saturated rings. The molecule has 176 valence electrons. The van der Waals surface area contributed by atoms with E-state index in [4.69, 9.17) is 9.97 Å². The van der Waals surface area contributed by atoms with Crippen molar-refractivity contribution in [2.45, 2.75) is 26.0 Å². The number of aliphatic hydroxyl groups is 1. The van der Waals surface area contributed by atoms with E-state index in [2.05, 4.69) is 15.7 Å². The average Bonchev–Trinajstić information content (AvgIpc) is 3.50. The van der Waals surface area contributed by atoms with Gasteiger partial charge in [0.2, 0.25) is 0 Å². The van der Waals surface area contributed by atoms with Crippen molar-refractivity contribution in [2.24, 2.45) is 0 Å². The molecule has 1 unspecified atom stereocenters. The summed E-state index contributed by atoms with van der Waals surface area (Å²) in [6.45, 7) is 6.41. The normalized spacial score (nSPS) is 14.9. The quantitative estimate of drug-likeness (QED) is 0.358. The van der Waals surface area contributed by atoms with E-state index in [1.807, 2.05) is 54.6 Å². The smallest absolute Gasteiger partial charge is 0.251 e.